The summed E-state index contributed by atoms with van der Waals surface area (Å²) in [5, 5.41) is 3.07. The number of carbonyl (C=O) groups is 1. The molecule has 12 heavy (non-hydrogen) atoms. The first-order chi connectivity index (χ1) is 5.75. The third kappa shape index (κ3) is 1.87. The van der Waals surface area contributed by atoms with Crippen LogP contribution in [0.3, 0.4) is 0 Å². The van der Waals surface area contributed by atoms with Crippen LogP contribution in [0.1, 0.15) is 13.3 Å². The Bertz CT molecular complexity index is 231. The summed E-state index contributed by atoms with van der Waals surface area (Å²) >= 11 is 0. The van der Waals surface area contributed by atoms with Gasteiger partial charge in [-0.05, 0) is 6.92 Å². The van der Waals surface area contributed by atoms with Gasteiger partial charge in [0.05, 0.1) is 12.2 Å². The van der Waals surface area contributed by atoms with E-state index in [1.165, 1.54) is 0 Å². The van der Waals surface area contributed by atoms with Crippen LogP contribution < -0.4 is 5.32 Å². The zero-order valence-electron chi connectivity index (χ0n) is 7.22. The van der Waals surface area contributed by atoms with Crippen LogP contribution in [0.5, 0.6) is 0 Å². The third-order valence-electron chi connectivity index (χ3n) is 1.80. The van der Waals surface area contributed by atoms with Gasteiger partial charge in [0.25, 0.3) is 0 Å². The molecule has 3 heteroatoms. The Morgan fingerprint density at radius 3 is 3.08 bits per heavy atom. The van der Waals surface area contributed by atoms with Crippen LogP contribution in [0, 0.1) is 0 Å². The van der Waals surface area contributed by atoms with Gasteiger partial charge in [0.2, 0.25) is 0 Å². The molecule has 0 aromatic carbocycles. The Kier molecular flexibility index (Phi) is 2.91. The maximum absolute atomic E-state index is 11.0. The molecular weight excluding hydrogens is 154 g/mol. The minimum Gasteiger partial charge on any atom is -0.462 e. The minimum atomic E-state index is -0.191. The average Bonchev–Trinajstić information content (AvgIpc) is 2.47. The fourth-order valence-corrected chi connectivity index (χ4v) is 1.11. The summed E-state index contributed by atoms with van der Waals surface area (Å²) < 4.78 is 4.80. The van der Waals surface area contributed by atoms with Crippen molar-refractivity contribution < 1.29 is 9.53 Å². The molecule has 1 aliphatic heterocycles. The van der Waals surface area contributed by atoms with E-state index in [0.717, 1.165) is 17.7 Å². The molecule has 1 heterocycles. The second-order valence-electron chi connectivity index (χ2n) is 2.66. The largest absolute Gasteiger partial charge is 0.462 e. The van der Waals surface area contributed by atoms with Crippen LogP contribution in [0.4, 0.5) is 0 Å². The number of nitrogens with one attached hydrogen (secondary N) is 1. The van der Waals surface area contributed by atoms with Crippen LogP contribution in [-0.2, 0) is 9.53 Å². The lowest BCUT2D eigenvalue weighted by atomic mass is 10.2. The maximum atomic E-state index is 11.0. The van der Waals surface area contributed by atoms with E-state index in [9.17, 15) is 4.79 Å². The lowest BCUT2D eigenvalue weighted by Crippen LogP contribution is -2.14. The van der Waals surface area contributed by atoms with Gasteiger partial charge in [0, 0.05) is 18.7 Å². The summed E-state index contributed by atoms with van der Waals surface area (Å²) in [5.74, 6) is -0.191. The highest BCUT2D eigenvalue weighted by Crippen LogP contribution is 2.15. The molecule has 0 atom stereocenters. The van der Waals surface area contributed by atoms with Crippen molar-refractivity contribution in [3.8, 4) is 0 Å². The predicted octanol–water partition coefficient (Wildman–Crippen LogP) is 0.983. The van der Waals surface area contributed by atoms with Crippen molar-refractivity contribution in [2.75, 3.05) is 13.2 Å². The van der Waals surface area contributed by atoms with E-state index in [0.29, 0.717) is 13.2 Å². The number of hydrogen-bond donors (Lipinski definition) is 1. The fourth-order valence-electron chi connectivity index (χ4n) is 1.11. The molecule has 0 saturated carbocycles. The van der Waals surface area contributed by atoms with Gasteiger partial charge in [-0.1, -0.05) is 6.08 Å². The van der Waals surface area contributed by atoms with Gasteiger partial charge in [-0.2, -0.15) is 0 Å². The van der Waals surface area contributed by atoms with Crippen molar-refractivity contribution in [1.29, 1.82) is 0 Å². The number of rotatable bonds is 3. The van der Waals surface area contributed by atoms with Crippen LogP contribution in [0.25, 0.3) is 0 Å². The van der Waals surface area contributed by atoms with Gasteiger partial charge in [0.1, 0.15) is 0 Å². The zero-order valence-corrected chi connectivity index (χ0v) is 7.22. The Morgan fingerprint density at radius 2 is 2.58 bits per heavy atom. The Labute approximate surface area is 72.1 Å². The number of allylic oxidation sites excluding steroid dienone is 1. The molecule has 0 aromatic heterocycles. The van der Waals surface area contributed by atoms with Gasteiger partial charge in [0.15, 0.2) is 0 Å². The molecule has 1 saturated heterocycles. The summed E-state index contributed by atoms with van der Waals surface area (Å²) in [6, 6.07) is 0. The molecule has 0 aromatic rings. The number of esters is 1. The van der Waals surface area contributed by atoms with Crippen LogP contribution in [0.2, 0.25) is 0 Å². The standard InChI is InChI=1S/C9H13NO2/c1-3-5-10-7(2)8-4-6-12-9(8)11/h3,10H,1,4-6H2,2H3. The molecule has 0 unspecified atom stereocenters. The second-order valence-corrected chi connectivity index (χ2v) is 2.66. The summed E-state index contributed by atoms with van der Waals surface area (Å²) in [7, 11) is 0. The molecule has 0 spiro atoms. The van der Waals surface area contributed by atoms with Crippen LogP contribution in [-0.4, -0.2) is 19.1 Å². The lowest BCUT2D eigenvalue weighted by molar-refractivity contribution is -0.135. The monoisotopic (exact) mass is 167 g/mol. The molecule has 1 N–H and O–H groups in total. The zero-order chi connectivity index (χ0) is 8.97. The number of hydrogen-bond acceptors (Lipinski definition) is 3. The van der Waals surface area contributed by atoms with Gasteiger partial charge in [-0.15, -0.1) is 6.58 Å². The summed E-state index contributed by atoms with van der Waals surface area (Å²) in [4.78, 5) is 11.0. The first-order valence-corrected chi connectivity index (χ1v) is 3.97. The molecule has 0 amide bonds. The normalized spacial score (nSPS) is 20.2. The Morgan fingerprint density at radius 1 is 1.83 bits per heavy atom. The van der Waals surface area contributed by atoms with E-state index >= 15 is 0 Å². The number of cyclic esters (lactones) is 1. The van der Waals surface area contributed by atoms with Gasteiger partial charge in [-0.25, -0.2) is 4.79 Å². The van der Waals surface area contributed by atoms with Crippen molar-refractivity contribution >= 4 is 5.97 Å². The van der Waals surface area contributed by atoms with E-state index in [1.807, 2.05) is 6.92 Å². The van der Waals surface area contributed by atoms with E-state index < -0.39 is 0 Å². The van der Waals surface area contributed by atoms with Crippen molar-refractivity contribution in [3.05, 3.63) is 23.9 Å². The molecule has 0 radical (unpaired) electrons. The SMILES string of the molecule is C=CCNC(C)=C1CCOC1=O. The van der Waals surface area contributed by atoms with Crippen molar-refractivity contribution in [2.24, 2.45) is 0 Å². The molecule has 1 aliphatic rings. The highest BCUT2D eigenvalue weighted by Gasteiger charge is 2.20. The summed E-state index contributed by atoms with van der Waals surface area (Å²) in [6.45, 7) is 6.66. The van der Waals surface area contributed by atoms with Crippen molar-refractivity contribution in [2.45, 2.75) is 13.3 Å². The first kappa shape index (κ1) is 8.84. The molecule has 0 aliphatic carbocycles. The van der Waals surface area contributed by atoms with Gasteiger partial charge in [-0.3, -0.25) is 0 Å². The first-order valence-electron chi connectivity index (χ1n) is 3.97. The fraction of sp³-hybridized carbons (Fsp3) is 0.444. The second kappa shape index (κ2) is 3.95. The van der Waals surface area contributed by atoms with Gasteiger partial charge >= 0.3 is 5.97 Å². The molecule has 66 valence electrons. The predicted molar refractivity (Wildman–Crippen MR) is 46.5 cm³/mol. The van der Waals surface area contributed by atoms with Crippen LogP contribution in [0.15, 0.2) is 23.9 Å². The average molecular weight is 167 g/mol. The van der Waals surface area contributed by atoms with Crippen molar-refractivity contribution in [1.82, 2.24) is 5.32 Å². The maximum Gasteiger partial charge on any atom is 0.335 e. The molecule has 0 bridgehead atoms. The summed E-state index contributed by atoms with van der Waals surface area (Å²) in [6.07, 6.45) is 2.47. The third-order valence-corrected chi connectivity index (χ3v) is 1.80. The lowest BCUT2D eigenvalue weighted by Gasteiger charge is -2.04. The highest BCUT2D eigenvalue weighted by atomic mass is 16.5. The smallest absolute Gasteiger partial charge is 0.335 e. The van der Waals surface area contributed by atoms with Gasteiger partial charge < -0.3 is 10.1 Å². The van der Waals surface area contributed by atoms with E-state index in [1.54, 1.807) is 6.08 Å². The minimum absolute atomic E-state index is 0.191. The Balaban J connectivity index is 2.61. The highest BCUT2D eigenvalue weighted by molar-refractivity contribution is 5.90. The molecule has 3 nitrogen and oxygen atoms in total. The van der Waals surface area contributed by atoms with E-state index in [4.69, 9.17) is 4.74 Å². The number of carbonyl (C=O) groups excluding carboxylic acids is 1. The van der Waals surface area contributed by atoms with Crippen molar-refractivity contribution in [3.63, 3.8) is 0 Å². The summed E-state index contributed by atoms with van der Waals surface area (Å²) in [5.41, 5.74) is 1.66. The van der Waals surface area contributed by atoms with E-state index in [2.05, 4.69) is 11.9 Å². The topological polar surface area (TPSA) is 38.3 Å². The van der Waals surface area contributed by atoms with E-state index in [-0.39, 0.29) is 5.97 Å². The molecular formula is C9H13NO2. The molecule has 1 fully saturated rings. The Hall–Kier alpha value is -1.25. The molecule has 1 rings (SSSR count). The quantitative estimate of drug-likeness (QED) is 0.387. The van der Waals surface area contributed by atoms with Crippen LogP contribution >= 0.6 is 0 Å². The number of ether oxygens (including phenoxy) is 1.